The van der Waals surface area contributed by atoms with Crippen molar-refractivity contribution in [1.29, 1.82) is 0 Å². The van der Waals surface area contributed by atoms with Crippen molar-refractivity contribution in [1.82, 2.24) is 24.1 Å². The molecule has 20 heavy (non-hydrogen) atoms. The van der Waals surface area contributed by atoms with Crippen LogP contribution in [0.2, 0.25) is 0 Å². The molecule has 0 amide bonds. The fourth-order valence-corrected chi connectivity index (χ4v) is 2.57. The number of alkyl halides is 1. The van der Waals surface area contributed by atoms with Gasteiger partial charge in [-0.05, 0) is 18.6 Å². The highest BCUT2D eigenvalue weighted by Crippen LogP contribution is 2.19. The minimum absolute atomic E-state index is 0.385. The molecule has 6 heteroatoms. The van der Waals surface area contributed by atoms with Gasteiger partial charge in [0.05, 0.1) is 5.88 Å². The Balaban J connectivity index is 1.98. The van der Waals surface area contributed by atoms with Crippen molar-refractivity contribution in [3.05, 3.63) is 41.9 Å². The second kappa shape index (κ2) is 5.25. The van der Waals surface area contributed by atoms with Gasteiger partial charge >= 0.3 is 0 Å². The number of aryl methyl sites for hydroxylation is 4. The van der Waals surface area contributed by atoms with Crippen LogP contribution < -0.4 is 0 Å². The Bertz CT molecular complexity index is 743. The first-order valence-corrected chi connectivity index (χ1v) is 7.07. The standard InChI is InChI=1S/C14H16ClN5/c1-10-3-5-17-14-13(10)18-12(9-15)20(14)7-4-11-16-6-8-19(11)2/h3,5-6,8H,4,7,9H2,1-2H3. The fraction of sp³-hybridized carbons (Fsp3) is 0.357. The molecular formula is C14H16ClN5. The van der Waals surface area contributed by atoms with Crippen LogP contribution in [0.3, 0.4) is 0 Å². The molecule has 0 aliphatic carbocycles. The molecule has 5 nitrogen and oxygen atoms in total. The number of imidazole rings is 2. The van der Waals surface area contributed by atoms with E-state index in [1.807, 2.05) is 43.2 Å². The Labute approximate surface area is 122 Å². The summed E-state index contributed by atoms with van der Waals surface area (Å²) >= 11 is 6.02. The van der Waals surface area contributed by atoms with Gasteiger partial charge in [0.15, 0.2) is 5.65 Å². The second-order valence-corrected chi connectivity index (χ2v) is 5.08. The lowest BCUT2D eigenvalue weighted by atomic mass is 10.3. The molecule has 0 bridgehead atoms. The molecule has 0 saturated carbocycles. The Kier molecular flexibility index (Phi) is 3.44. The number of hydrogen-bond donors (Lipinski definition) is 0. The molecule has 0 spiro atoms. The van der Waals surface area contributed by atoms with E-state index in [1.54, 1.807) is 0 Å². The van der Waals surface area contributed by atoms with Crippen LogP contribution in [0.15, 0.2) is 24.7 Å². The van der Waals surface area contributed by atoms with Crippen LogP contribution in [-0.4, -0.2) is 24.1 Å². The summed E-state index contributed by atoms with van der Waals surface area (Å²) in [5.74, 6) is 2.29. The summed E-state index contributed by atoms with van der Waals surface area (Å²) in [4.78, 5) is 13.4. The smallest absolute Gasteiger partial charge is 0.160 e. The van der Waals surface area contributed by atoms with E-state index in [2.05, 4.69) is 19.5 Å². The number of pyridine rings is 1. The second-order valence-electron chi connectivity index (χ2n) is 4.82. The van der Waals surface area contributed by atoms with E-state index in [4.69, 9.17) is 11.6 Å². The van der Waals surface area contributed by atoms with Crippen molar-refractivity contribution in [2.24, 2.45) is 7.05 Å². The van der Waals surface area contributed by atoms with Gasteiger partial charge < -0.3 is 9.13 Å². The molecular weight excluding hydrogens is 274 g/mol. The molecule has 3 rings (SSSR count). The summed E-state index contributed by atoms with van der Waals surface area (Å²) in [6.45, 7) is 2.82. The van der Waals surface area contributed by atoms with Crippen molar-refractivity contribution in [3.63, 3.8) is 0 Å². The summed E-state index contributed by atoms with van der Waals surface area (Å²) in [5, 5.41) is 0. The van der Waals surface area contributed by atoms with E-state index in [9.17, 15) is 0 Å². The van der Waals surface area contributed by atoms with E-state index >= 15 is 0 Å². The van der Waals surface area contributed by atoms with Gasteiger partial charge in [-0.2, -0.15) is 0 Å². The zero-order valence-electron chi connectivity index (χ0n) is 11.5. The van der Waals surface area contributed by atoms with Gasteiger partial charge in [0.1, 0.15) is 17.2 Å². The zero-order valence-corrected chi connectivity index (χ0v) is 12.3. The molecule has 0 aromatic carbocycles. The molecule has 0 aliphatic heterocycles. The number of halogens is 1. The Morgan fingerprint density at radius 2 is 2.05 bits per heavy atom. The van der Waals surface area contributed by atoms with E-state index in [1.165, 1.54) is 0 Å². The number of aromatic nitrogens is 5. The minimum Gasteiger partial charge on any atom is -0.338 e. The van der Waals surface area contributed by atoms with Gasteiger partial charge in [-0.3, -0.25) is 0 Å². The highest BCUT2D eigenvalue weighted by atomic mass is 35.5. The maximum atomic E-state index is 6.02. The normalized spacial score (nSPS) is 11.3. The summed E-state index contributed by atoms with van der Waals surface area (Å²) in [6.07, 6.45) is 6.40. The van der Waals surface area contributed by atoms with E-state index in [0.717, 1.165) is 41.3 Å². The summed E-state index contributed by atoms with van der Waals surface area (Å²) < 4.78 is 4.11. The first-order chi connectivity index (χ1) is 9.70. The maximum absolute atomic E-state index is 6.02. The van der Waals surface area contributed by atoms with Gasteiger partial charge in [-0.15, -0.1) is 11.6 Å². The molecule has 104 valence electrons. The molecule has 0 atom stereocenters. The Morgan fingerprint density at radius 3 is 2.75 bits per heavy atom. The molecule has 0 N–H and O–H groups in total. The third kappa shape index (κ3) is 2.18. The topological polar surface area (TPSA) is 48.5 Å². The van der Waals surface area contributed by atoms with E-state index in [-0.39, 0.29) is 0 Å². The first kappa shape index (κ1) is 13.1. The van der Waals surface area contributed by atoms with Crippen molar-refractivity contribution in [2.45, 2.75) is 25.8 Å². The lowest BCUT2D eigenvalue weighted by molar-refractivity contribution is 0.642. The van der Waals surface area contributed by atoms with Crippen LogP contribution in [0.5, 0.6) is 0 Å². The van der Waals surface area contributed by atoms with Crippen LogP contribution in [0.4, 0.5) is 0 Å². The van der Waals surface area contributed by atoms with Crippen molar-refractivity contribution >= 4 is 22.8 Å². The quantitative estimate of drug-likeness (QED) is 0.693. The third-order valence-electron chi connectivity index (χ3n) is 3.51. The Hall–Kier alpha value is -1.88. The lowest BCUT2D eigenvalue weighted by Crippen LogP contribution is -2.08. The lowest BCUT2D eigenvalue weighted by Gasteiger charge is -2.07. The van der Waals surface area contributed by atoms with Crippen LogP contribution in [0, 0.1) is 6.92 Å². The minimum atomic E-state index is 0.385. The van der Waals surface area contributed by atoms with Gasteiger partial charge in [-0.25, -0.2) is 15.0 Å². The van der Waals surface area contributed by atoms with Crippen molar-refractivity contribution in [2.75, 3.05) is 0 Å². The molecule has 0 saturated heterocycles. The average Bonchev–Trinajstić information content (AvgIpc) is 3.01. The molecule has 3 aromatic rings. The van der Waals surface area contributed by atoms with Crippen LogP contribution >= 0.6 is 11.6 Å². The number of hydrogen-bond acceptors (Lipinski definition) is 3. The maximum Gasteiger partial charge on any atom is 0.160 e. The monoisotopic (exact) mass is 289 g/mol. The Morgan fingerprint density at radius 1 is 1.20 bits per heavy atom. The van der Waals surface area contributed by atoms with Gasteiger partial charge in [0.25, 0.3) is 0 Å². The molecule has 3 aromatic heterocycles. The van der Waals surface area contributed by atoms with E-state index in [0.29, 0.717) is 5.88 Å². The number of nitrogens with zero attached hydrogens (tertiary/aromatic N) is 5. The third-order valence-corrected chi connectivity index (χ3v) is 3.75. The van der Waals surface area contributed by atoms with E-state index < -0.39 is 0 Å². The summed E-state index contributed by atoms with van der Waals surface area (Å²) in [7, 11) is 2.00. The average molecular weight is 290 g/mol. The largest absolute Gasteiger partial charge is 0.338 e. The molecule has 0 unspecified atom stereocenters. The van der Waals surface area contributed by atoms with Gasteiger partial charge in [-0.1, -0.05) is 0 Å². The van der Waals surface area contributed by atoms with Crippen LogP contribution in [0.1, 0.15) is 17.2 Å². The van der Waals surface area contributed by atoms with Crippen molar-refractivity contribution in [3.8, 4) is 0 Å². The predicted octanol–water partition coefficient (Wildman–Crippen LogP) is 2.45. The fourth-order valence-electron chi connectivity index (χ4n) is 2.37. The highest BCUT2D eigenvalue weighted by Gasteiger charge is 2.13. The van der Waals surface area contributed by atoms with Gasteiger partial charge in [0, 0.05) is 38.6 Å². The molecule has 0 aliphatic rings. The molecule has 0 fully saturated rings. The van der Waals surface area contributed by atoms with Gasteiger partial charge in [0.2, 0.25) is 0 Å². The number of fused-ring (bicyclic) bond motifs is 1. The first-order valence-electron chi connectivity index (χ1n) is 6.53. The summed E-state index contributed by atoms with van der Waals surface area (Å²) in [5.41, 5.74) is 2.95. The highest BCUT2D eigenvalue weighted by molar-refractivity contribution is 6.16. The van der Waals surface area contributed by atoms with Crippen molar-refractivity contribution < 1.29 is 0 Å². The predicted molar refractivity (Wildman–Crippen MR) is 78.7 cm³/mol. The SMILES string of the molecule is Cc1ccnc2c1nc(CCl)n2CCc1nccn1C. The number of rotatable bonds is 4. The zero-order chi connectivity index (χ0) is 14.1. The summed E-state index contributed by atoms with van der Waals surface area (Å²) in [6, 6.07) is 1.97. The van der Waals surface area contributed by atoms with Crippen LogP contribution in [0.25, 0.3) is 11.2 Å². The van der Waals surface area contributed by atoms with Crippen LogP contribution in [-0.2, 0) is 25.9 Å². The molecule has 3 heterocycles. The molecule has 0 radical (unpaired) electrons.